The molecule has 2 aromatic carbocycles. The Bertz CT molecular complexity index is 896. The van der Waals surface area contributed by atoms with Gasteiger partial charge in [-0.25, -0.2) is 4.98 Å². The maximum atomic E-state index is 6.12. The van der Waals surface area contributed by atoms with E-state index in [0.717, 1.165) is 55.2 Å². The van der Waals surface area contributed by atoms with Crippen molar-refractivity contribution >= 4 is 28.3 Å². The third-order valence-corrected chi connectivity index (χ3v) is 5.68. The minimum Gasteiger partial charge on any atom is -0.369 e. The van der Waals surface area contributed by atoms with Crippen molar-refractivity contribution < 1.29 is 0 Å². The molecule has 0 bridgehead atoms. The lowest BCUT2D eigenvalue weighted by molar-refractivity contribution is 0.251. The lowest BCUT2D eigenvalue weighted by Crippen LogP contribution is -2.46. The predicted octanol–water partition coefficient (Wildman–Crippen LogP) is 4.60. The molecule has 0 unspecified atom stereocenters. The van der Waals surface area contributed by atoms with Crippen molar-refractivity contribution in [3.8, 4) is 0 Å². The minimum atomic E-state index is 0.774. The van der Waals surface area contributed by atoms with Crippen LogP contribution in [0.4, 0.5) is 5.69 Å². The van der Waals surface area contributed by atoms with E-state index < -0.39 is 0 Å². The van der Waals surface area contributed by atoms with Crippen molar-refractivity contribution in [3.05, 3.63) is 59.4 Å². The third-order valence-electron chi connectivity index (χ3n) is 5.45. The van der Waals surface area contributed by atoms with Crippen LogP contribution in [0.2, 0.25) is 5.02 Å². The van der Waals surface area contributed by atoms with Crippen LogP contribution in [0.15, 0.2) is 48.8 Å². The molecule has 27 heavy (non-hydrogen) atoms. The van der Waals surface area contributed by atoms with E-state index in [-0.39, 0.29) is 0 Å². The highest BCUT2D eigenvalue weighted by Gasteiger charge is 2.16. The number of aromatic nitrogens is 2. The SMILES string of the molecule is Cc1cccc(N2CCN(CCCCn3cnc4ccc(Cl)cc43)CC2)c1. The molecule has 3 aromatic rings. The number of halogens is 1. The van der Waals surface area contributed by atoms with Crippen LogP contribution in [0.3, 0.4) is 0 Å². The average Bonchev–Trinajstić information content (AvgIpc) is 3.08. The highest BCUT2D eigenvalue weighted by atomic mass is 35.5. The molecule has 0 atom stereocenters. The molecule has 0 saturated carbocycles. The normalized spacial score (nSPS) is 15.6. The van der Waals surface area contributed by atoms with Crippen molar-refractivity contribution in [2.45, 2.75) is 26.3 Å². The maximum absolute atomic E-state index is 6.12. The molecule has 0 amide bonds. The fraction of sp³-hybridized carbons (Fsp3) is 0.409. The van der Waals surface area contributed by atoms with Gasteiger partial charge in [0.15, 0.2) is 0 Å². The Kier molecular flexibility index (Phi) is 5.65. The summed E-state index contributed by atoms with van der Waals surface area (Å²) in [6.07, 6.45) is 4.31. The number of fused-ring (bicyclic) bond motifs is 1. The quantitative estimate of drug-likeness (QED) is 0.582. The number of piperazine rings is 1. The van der Waals surface area contributed by atoms with Gasteiger partial charge in [-0.3, -0.25) is 4.90 Å². The number of nitrogens with zero attached hydrogens (tertiary/aromatic N) is 4. The van der Waals surface area contributed by atoms with Gasteiger partial charge in [-0.1, -0.05) is 23.7 Å². The molecule has 4 rings (SSSR count). The van der Waals surface area contributed by atoms with Crippen LogP contribution in [0.1, 0.15) is 18.4 Å². The van der Waals surface area contributed by atoms with E-state index in [9.17, 15) is 0 Å². The van der Waals surface area contributed by atoms with Crippen molar-refractivity contribution in [1.82, 2.24) is 14.5 Å². The molecule has 0 radical (unpaired) electrons. The first-order valence-electron chi connectivity index (χ1n) is 9.83. The van der Waals surface area contributed by atoms with E-state index in [0.29, 0.717) is 0 Å². The average molecular weight is 383 g/mol. The topological polar surface area (TPSA) is 24.3 Å². The molecule has 2 heterocycles. The minimum absolute atomic E-state index is 0.774. The Morgan fingerprint density at radius 2 is 1.78 bits per heavy atom. The maximum Gasteiger partial charge on any atom is 0.0958 e. The standard InChI is InChI=1S/C22H27ClN4/c1-18-5-4-6-20(15-18)26-13-11-25(12-14-26)9-2-3-10-27-17-24-21-8-7-19(23)16-22(21)27/h4-8,15-17H,2-3,9-14H2,1H3. The number of hydrogen-bond donors (Lipinski definition) is 0. The molecular formula is C22H27ClN4. The number of anilines is 1. The zero-order valence-corrected chi connectivity index (χ0v) is 16.7. The lowest BCUT2D eigenvalue weighted by Gasteiger charge is -2.36. The molecule has 142 valence electrons. The number of unbranched alkanes of at least 4 members (excludes halogenated alkanes) is 1. The largest absolute Gasteiger partial charge is 0.369 e. The fourth-order valence-corrected chi connectivity index (χ4v) is 4.05. The predicted molar refractivity (Wildman–Crippen MR) is 114 cm³/mol. The molecule has 1 aromatic heterocycles. The zero-order chi connectivity index (χ0) is 18.6. The van der Waals surface area contributed by atoms with Gasteiger partial charge in [-0.2, -0.15) is 0 Å². The molecule has 1 saturated heterocycles. The summed E-state index contributed by atoms with van der Waals surface area (Å²) in [5.74, 6) is 0. The van der Waals surface area contributed by atoms with Gasteiger partial charge in [0.2, 0.25) is 0 Å². The van der Waals surface area contributed by atoms with Gasteiger partial charge in [-0.15, -0.1) is 0 Å². The summed E-state index contributed by atoms with van der Waals surface area (Å²) in [4.78, 5) is 9.56. The molecule has 1 fully saturated rings. The monoisotopic (exact) mass is 382 g/mol. The van der Waals surface area contributed by atoms with Gasteiger partial charge in [0.25, 0.3) is 0 Å². The van der Waals surface area contributed by atoms with Crippen molar-refractivity contribution in [3.63, 3.8) is 0 Å². The lowest BCUT2D eigenvalue weighted by atomic mass is 10.2. The fourth-order valence-electron chi connectivity index (χ4n) is 3.88. The first-order chi connectivity index (χ1) is 13.2. The Morgan fingerprint density at radius 1 is 0.963 bits per heavy atom. The van der Waals surface area contributed by atoms with Gasteiger partial charge in [0.1, 0.15) is 0 Å². The molecule has 1 aliphatic heterocycles. The van der Waals surface area contributed by atoms with Crippen LogP contribution in [0.25, 0.3) is 11.0 Å². The van der Waals surface area contributed by atoms with E-state index in [1.807, 2.05) is 24.5 Å². The van der Waals surface area contributed by atoms with Gasteiger partial charge < -0.3 is 9.47 Å². The van der Waals surface area contributed by atoms with E-state index in [4.69, 9.17) is 11.6 Å². The Hall–Kier alpha value is -2.04. The van der Waals surface area contributed by atoms with Crippen LogP contribution in [0.5, 0.6) is 0 Å². The van der Waals surface area contributed by atoms with E-state index in [1.54, 1.807) is 0 Å². The summed E-state index contributed by atoms with van der Waals surface area (Å²) in [5.41, 5.74) is 4.85. The van der Waals surface area contributed by atoms with Crippen LogP contribution in [-0.2, 0) is 6.54 Å². The summed E-state index contributed by atoms with van der Waals surface area (Å²) < 4.78 is 2.22. The summed E-state index contributed by atoms with van der Waals surface area (Å²) >= 11 is 6.12. The van der Waals surface area contributed by atoms with Gasteiger partial charge in [0.05, 0.1) is 17.4 Å². The van der Waals surface area contributed by atoms with Gasteiger partial charge >= 0.3 is 0 Å². The van der Waals surface area contributed by atoms with Crippen molar-refractivity contribution in [1.29, 1.82) is 0 Å². The molecule has 0 aliphatic carbocycles. The molecule has 0 N–H and O–H groups in total. The summed E-state index contributed by atoms with van der Waals surface area (Å²) in [6.45, 7) is 8.88. The second-order valence-electron chi connectivity index (χ2n) is 7.45. The molecule has 4 nitrogen and oxygen atoms in total. The Balaban J connectivity index is 1.22. The molecule has 5 heteroatoms. The second-order valence-corrected chi connectivity index (χ2v) is 7.88. The van der Waals surface area contributed by atoms with Crippen molar-refractivity contribution in [2.75, 3.05) is 37.6 Å². The molecule has 1 aliphatic rings. The van der Waals surface area contributed by atoms with E-state index >= 15 is 0 Å². The Labute approximate surface area is 166 Å². The smallest absolute Gasteiger partial charge is 0.0958 e. The van der Waals surface area contributed by atoms with Crippen LogP contribution >= 0.6 is 11.6 Å². The highest BCUT2D eigenvalue weighted by molar-refractivity contribution is 6.31. The third kappa shape index (κ3) is 4.45. The molecule has 0 spiro atoms. The number of rotatable bonds is 6. The number of benzene rings is 2. The summed E-state index contributed by atoms with van der Waals surface area (Å²) in [5, 5.41) is 0.774. The van der Waals surface area contributed by atoms with Gasteiger partial charge in [-0.05, 0) is 62.2 Å². The van der Waals surface area contributed by atoms with Crippen LogP contribution in [-0.4, -0.2) is 47.2 Å². The first-order valence-corrected chi connectivity index (χ1v) is 10.2. The summed E-state index contributed by atoms with van der Waals surface area (Å²) in [7, 11) is 0. The zero-order valence-electron chi connectivity index (χ0n) is 15.9. The number of imidazole rings is 1. The second kappa shape index (κ2) is 8.32. The molecular weight excluding hydrogens is 356 g/mol. The van der Waals surface area contributed by atoms with Crippen LogP contribution < -0.4 is 4.90 Å². The van der Waals surface area contributed by atoms with E-state index in [1.165, 1.54) is 24.2 Å². The van der Waals surface area contributed by atoms with Crippen LogP contribution in [0, 0.1) is 6.92 Å². The Morgan fingerprint density at radius 3 is 2.59 bits per heavy atom. The van der Waals surface area contributed by atoms with E-state index in [2.05, 4.69) is 50.5 Å². The number of aryl methyl sites for hydroxylation is 2. The van der Waals surface area contributed by atoms with Crippen molar-refractivity contribution in [2.24, 2.45) is 0 Å². The number of hydrogen-bond acceptors (Lipinski definition) is 3. The highest BCUT2D eigenvalue weighted by Crippen LogP contribution is 2.20. The summed E-state index contributed by atoms with van der Waals surface area (Å²) in [6, 6.07) is 14.7. The first kappa shape index (κ1) is 18.3. The van der Waals surface area contributed by atoms with Gasteiger partial charge in [0, 0.05) is 43.4 Å².